The van der Waals surface area contributed by atoms with Crippen LogP contribution < -0.4 is 5.32 Å². The Morgan fingerprint density at radius 1 is 1.16 bits per heavy atom. The number of carbonyl (C=O) groups is 1. The van der Waals surface area contributed by atoms with E-state index in [0.29, 0.717) is 16.6 Å². The van der Waals surface area contributed by atoms with Crippen molar-refractivity contribution in [1.82, 2.24) is 25.6 Å². The summed E-state index contributed by atoms with van der Waals surface area (Å²) in [4.78, 5) is 14.0. The van der Waals surface area contributed by atoms with Crippen molar-refractivity contribution in [3.8, 4) is 0 Å². The molecule has 0 fully saturated rings. The molecule has 0 aliphatic rings. The zero-order valence-electron chi connectivity index (χ0n) is 13.8. The van der Waals surface area contributed by atoms with Gasteiger partial charge in [-0.05, 0) is 44.4 Å². The molecule has 0 bridgehead atoms. The minimum absolute atomic E-state index is 0.0561. The largest absolute Gasteiger partial charge is 0.350 e. The Morgan fingerprint density at radius 3 is 2.52 bits per heavy atom. The van der Waals surface area contributed by atoms with Crippen molar-refractivity contribution in [3.05, 3.63) is 59.2 Å². The maximum atomic E-state index is 14.0. The molecule has 0 spiro atoms. The van der Waals surface area contributed by atoms with Crippen LogP contribution in [0.5, 0.6) is 0 Å². The topological polar surface area (TPSA) is 73.9 Å². The van der Waals surface area contributed by atoms with E-state index >= 15 is 0 Å². The molecule has 0 saturated heterocycles. The third kappa shape index (κ3) is 3.48. The Balaban J connectivity index is 1.78. The number of nitrogens with zero attached hydrogens (tertiary/aromatic N) is 3. The van der Waals surface area contributed by atoms with Crippen LogP contribution in [0.25, 0.3) is 11.0 Å². The number of amides is 1. The number of carbonyl (C=O) groups excluding carboxylic acids is 1. The molecule has 1 heterocycles. The first kappa shape index (κ1) is 17.0. The van der Waals surface area contributed by atoms with Gasteiger partial charge in [0.15, 0.2) is 0 Å². The summed E-state index contributed by atoms with van der Waals surface area (Å²) in [6, 6.07) is 7.97. The number of aromatic nitrogens is 3. The highest BCUT2D eigenvalue weighted by molar-refractivity contribution is 5.97. The summed E-state index contributed by atoms with van der Waals surface area (Å²) < 4.78 is 28.1. The minimum Gasteiger partial charge on any atom is -0.350 e. The Hall–Kier alpha value is -2.87. The molecule has 0 aliphatic heterocycles. The predicted molar refractivity (Wildman–Crippen MR) is 89.0 cm³/mol. The fraction of sp³-hybridized carbons (Fsp3) is 0.235. The molecular formula is C17H17F2N5O. The second kappa shape index (κ2) is 6.94. The predicted octanol–water partition coefficient (Wildman–Crippen LogP) is 2.27. The van der Waals surface area contributed by atoms with Gasteiger partial charge in [0, 0.05) is 17.7 Å². The van der Waals surface area contributed by atoms with Crippen LogP contribution in [0.3, 0.4) is 0 Å². The van der Waals surface area contributed by atoms with E-state index in [-0.39, 0.29) is 18.0 Å². The molecular weight excluding hydrogens is 328 g/mol. The van der Waals surface area contributed by atoms with Crippen LogP contribution in [-0.4, -0.2) is 46.9 Å². The Morgan fingerprint density at radius 2 is 1.84 bits per heavy atom. The number of likely N-dealkylation sites (N-methyl/N-ethyl adjacent to an activating group) is 1. The van der Waals surface area contributed by atoms with Crippen LogP contribution in [0.15, 0.2) is 36.4 Å². The number of benzene rings is 2. The highest BCUT2D eigenvalue weighted by atomic mass is 19.1. The summed E-state index contributed by atoms with van der Waals surface area (Å²) in [5, 5.41) is 13.0. The molecule has 1 amide bonds. The van der Waals surface area contributed by atoms with Crippen molar-refractivity contribution < 1.29 is 13.6 Å². The molecule has 0 aliphatic carbocycles. The molecule has 3 aromatic rings. The van der Waals surface area contributed by atoms with Crippen LogP contribution in [-0.2, 0) is 0 Å². The monoisotopic (exact) mass is 345 g/mol. The van der Waals surface area contributed by atoms with Gasteiger partial charge in [0.25, 0.3) is 5.91 Å². The summed E-state index contributed by atoms with van der Waals surface area (Å²) in [5.74, 6) is -1.64. The molecule has 3 rings (SSSR count). The smallest absolute Gasteiger partial charge is 0.251 e. The van der Waals surface area contributed by atoms with Gasteiger partial charge in [0.1, 0.15) is 22.7 Å². The Kier molecular flexibility index (Phi) is 4.71. The van der Waals surface area contributed by atoms with Gasteiger partial charge in [0.2, 0.25) is 0 Å². The van der Waals surface area contributed by atoms with E-state index in [4.69, 9.17) is 0 Å². The van der Waals surface area contributed by atoms with E-state index in [9.17, 15) is 13.6 Å². The van der Waals surface area contributed by atoms with Crippen LogP contribution in [0.1, 0.15) is 22.0 Å². The van der Waals surface area contributed by atoms with Gasteiger partial charge >= 0.3 is 0 Å². The quantitative estimate of drug-likeness (QED) is 0.744. The van der Waals surface area contributed by atoms with Gasteiger partial charge in [0.05, 0.1) is 6.04 Å². The van der Waals surface area contributed by atoms with Crippen LogP contribution in [0, 0.1) is 11.6 Å². The number of halogens is 2. The first-order valence-electron chi connectivity index (χ1n) is 7.66. The minimum atomic E-state index is -0.642. The first-order chi connectivity index (χ1) is 12.0. The van der Waals surface area contributed by atoms with E-state index < -0.39 is 17.7 Å². The molecule has 25 heavy (non-hydrogen) atoms. The summed E-state index contributed by atoms with van der Waals surface area (Å²) >= 11 is 0. The summed E-state index contributed by atoms with van der Waals surface area (Å²) in [5.41, 5.74) is 1.54. The molecule has 2 aromatic carbocycles. The SMILES string of the molecule is CN(C)[C@H](CNC(=O)c1ccc2n[nH]nc2c1)c1c(F)cccc1F. The third-order valence-corrected chi connectivity index (χ3v) is 3.99. The lowest BCUT2D eigenvalue weighted by Crippen LogP contribution is -2.35. The molecule has 130 valence electrons. The molecule has 6 nitrogen and oxygen atoms in total. The van der Waals surface area contributed by atoms with E-state index in [1.54, 1.807) is 37.2 Å². The van der Waals surface area contributed by atoms with E-state index in [0.717, 1.165) is 0 Å². The number of nitrogens with one attached hydrogen (secondary N) is 2. The molecule has 2 N–H and O–H groups in total. The number of rotatable bonds is 5. The van der Waals surface area contributed by atoms with E-state index in [2.05, 4.69) is 20.7 Å². The standard InChI is InChI=1S/C17H17F2N5O/c1-24(2)15(16-11(18)4-3-5-12(16)19)9-20-17(25)10-6-7-13-14(8-10)22-23-21-13/h3-8,15H,9H2,1-2H3,(H,20,25)(H,21,22,23)/t15-/m1/s1. The lowest BCUT2D eigenvalue weighted by molar-refractivity contribution is 0.0941. The van der Waals surface area contributed by atoms with Gasteiger partial charge in [-0.25, -0.2) is 8.78 Å². The van der Waals surface area contributed by atoms with Crippen molar-refractivity contribution in [2.45, 2.75) is 6.04 Å². The molecule has 0 unspecified atom stereocenters. The number of fused-ring (bicyclic) bond motifs is 1. The maximum absolute atomic E-state index is 14.0. The highest BCUT2D eigenvalue weighted by Gasteiger charge is 2.23. The van der Waals surface area contributed by atoms with Gasteiger partial charge in [-0.3, -0.25) is 4.79 Å². The van der Waals surface area contributed by atoms with Gasteiger partial charge in [-0.1, -0.05) is 6.07 Å². The number of aromatic amines is 1. The highest BCUT2D eigenvalue weighted by Crippen LogP contribution is 2.24. The lowest BCUT2D eigenvalue weighted by atomic mass is 10.0. The summed E-state index contributed by atoms with van der Waals surface area (Å²) in [6.07, 6.45) is 0. The fourth-order valence-corrected chi connectivity index (χ4v) is 2.64. The average molecular weight is 345 g/mol. The number of hydrogen-bond donors (Lipinski definition) is 2. The van der Waals surface area contributed by atoms with Crippen LogP contribution in [0.2, 0.25) is 0 Å². The normalized spacial score (nSPS) is 12.5. The Labute approximate surface area is 142 Å². The molecule has 0 radical (unpaired) electrons. The fourth-order valence-electron chi connectivity index (χ4n) is 2.64. The Bertz CT molecular complexity index is 889. The number of hydrogen-bond acceptors (Lipinski definition) is 4. The van der Waals surface area contributed by atoms with Crippen molar-refractivity contribution >= 4 is 16.9 Å². The zero-order chi connectivity index (χ0) is 18.0. The number of H-pyrrole nitrogens is 1. The van der Waals surface area contributed by atoms with Crippen molar-refractivity contribution in [2.75, 3.05) is 20.6 Å². The second-order valence-electron chi connectivity index (χ2n) is 5.85. The lowest BCUT2D eigenvalue weighted by Gasteiger charge is -2.25. The molecule has 1 aromatic heterocycles. The van der Waals surface area contributed by atoms with Gasteiger partial charge in [-0.2, -0.15) is 15.4 Å². The molecule has 1 atom stereocenters. The van der Waals surface area contributed by atoms with Crippen LogP contribution in [0.4, 0.5) is 8.78 Å². The second-order valence-corrected chi connectivity index (χ2v) is 5.85. The molecule has 0 saturated carbocycles. The summed E-state index contributed by atoms with van der Waals surface area (Å²) in [7, 11) is 3.40. The zero-order valence-corrected chi connectivity index (χ0v) is 13.8. The van der Waals surface area contributed by atoms with Crippen molar-refractivity contribution in [2.24, 2.45) is 0 Å². The van der Waals surface area contributed by atoms with Crippen LogP contribution >= 0.6 is 0 Å². The van der Waals surface area contributed by atoms with Gasteiger partial charge < -0.3 is 10.2 Å². The van der Waals surface area contributed by atoms with Crippen molar-refractivity contribution in [3.63, 3.8) is 0 Å². The molecule has 8 heteroatoms. The van der Waals surface area contributed by atoms with E-state index in [1.165, 1.54) is 18.2 Å². The van der Waals surface area contributed by atoms with Crippen molar-refractivity contribution in [1.29, 1.82) is 0 Å². The van der Waals surface area contributed by atoms with E-state index in [1.807, 2.05) is 0 Å². The first-order valence-corrected chi connectivity index (χ1v) is 7.66. The average Bonchev–Trinajstić information content (AvgIpc) is 3.04. The summed E-state index contributed by atoms with van der Waals surface area (Å²) in [6.45, 7) is 0.0561. The third-order valence-electron chi connectivity index (χ3n) is 3.99. The maximum Gasteiger partial charge on any atom is 0.251 e. The van der Waals surface area contributed by atoms with Gasteiger partial charge in [-0.15, -0.1) is 0 Å².